The molecule has 0 atom stereocenters. The lowest BCUT2D eigenvalue weighted by Gasteiger charge is -2.22. The molecule has 4 amide bonds. The van der Waals surface area contributed by atoms with Crippen LogP contribution in [0.15, 0.2) is 82.8 Å². The molecule has 2 heterocycles. The van der Waals surface area contributed by atoms with Crippen LogP contribution in [0.3, 0.4) is 0 Å². The van der Waals surface area contributed by atoms with Crippen LogP contribution < -0.4 is 19.4 Å². The molecule has 39 heavy (non-hydrogen) atoms. The molecule has 0 aromatic heterocycles. The number of carbonyl (C=O) groups is 4. The Morgan fingerprint density at radius 2 is 1.23 bits per heavy atom. The van der Waals surface area contributed by atoms with E-state index in [1.807, 2.05) is 31.1 Å². The first-order valence-corrected chi connectivity index (χ1v) is 13.4. The van der Waals surface area contributed by atoms with Crippen LogP contribution in [0.2, 0.25) is 0 Å². The summed E-state index contributed by atoms with van der Waals surface area (Å²) >= 11 is 0. The second-order valence-electron chi connectivity index (χ2n) is 9.48. The molecule has 0 unspecified atom stereocenters. The summed E-state index contributed by atoms with van der Waals surface area (Å²) in [5.74, 6) is -2.43. The molecule has 2 aliphatic heterocycles. The van der Waals surface area contributed by atoms with Gasteiger partial charge in [0.05, 0.1) is 22.0 Å². The molecule has 5 rings (SSSR count). The number of anilines is 4. The van der Waals surface area contributed by atoms with Crippen molar-refractivity contribution in [2.24, 2.45) is 0 Å². The highest BCUT2D eigenvalue weighted by Gasteiger charge is 2.34. The average molecular weight is 545 g/mol. The lowest BCUT2D eigenvalue weighted by molar-refractivity contribution is -0.121. The molecule has 2 aliphatic rings. The molecular weight excluding hydrogens is 520 g/mol. The van der Waals surface area contributed by atoms with E-state index in [4.69, 9.17) is 0 Å². The molecule has 0 fully saturated rings. The van der Waals surface area contributed by atoms with Crippen molar-refractivity contribution >= 4 is 67.2 Å². The Morgan fingerprint density at radius 3 is 1.72 bits per heavy atom. The largest absolute Gasteiger partial charge is 0.377 e. The van der Waals surface area contributed by atoms with Gasteiger partial charge in [0.15, 0.2) is 0 Å². The molecule has 0 saturated heterocycles. The number of amides is 4. The zero-order chi connectivity index (χ0) is 28.2. The highest BCUT2D eigenvalue weighted by atomic mass is 32.2. The van der Waals surface area contributed by atoms with Gasteiger partial charge in [-0.15, -0.1) is 0 Å². The number of nitrogens with one attached hydrogen (secondary N) is 1. The van der Waals surface area contributed by atoms with E-state index in [0.29, 0.717) is 5.39 Å². The van der Waals surface area contributed by atoms with E-state index < -0.39 is 33.7 Å². The summed E-state index contributed by atoms with van der Waals surface area (Å²) in [6, 6.07) is 14.2. The van der Waals surface area contributed by atoms with Crippen LogP contribution in [0.5, 0.6) is 0 Å². The van der Waals surface area contributed by atoms with Crippen LogP contribution >= 0.6 is 0 Å². The van der Waals surface area contributed by atoms with Gasteiger partial charge in [0.2, 0.25) is 0 Å². The monoisotopic (exact) mass is 544 g/mol. The molecule has 10 nitrogen and oxygen atoms in total. The number of nitrogens with zero attached hydrogens (tertiary/aromatic N) is 3. The molecule has 0 saturated carbocycles. The average Bonchev–Trinajstić information content (AvgIpc) is 3.28. The number of benzene rings is 3. The maximum absolute atomic E-state index is 13.7. The summed E-state index contributed by atoms with van der Waals surface area (Å²) < 4.78 is 29.9. The van der Waals surface area contributed by atoms with Crippen molar-refractivity contribution in [3.05, 3.63) is 77.9 Å². The van der Waals surface area contributed by atoms with Crippen LogP contribution in [0.4, 0.5) is 22.7 Å². The highest BCUT2D eigenvalue weighted by molar-refractivity contribution is 7.93. The number of hydrogen-bond donors (Lipinski definition) is 1. The number of fused-ring (bicyclic) bond motifs is 1. The Labute approximate surface area is 224 Å². The van der Waals surface area contributed by atoms with Crippen LogP contribution in [0.25, 0.3) is 10.8 Å². The zero-order valence-corrected chi connectivity index (χ0v) is 22.4. The van der Waals surface area contributed by atoms with Crippen LogP contribution in [0.1, 0.15) is 13.8 Å². The van der Waals surface area contributed by atoms with Crippen molar-refractivity contribution < 1.29 is 27.6 Å². The summed E-state index contributed by atoms with van der Waals surface area (Å²) in [5.41, 5.74) is 1.20. The molecule has 198 valence electrons. The molecular formula is C28H24N4O6S. The maximum Gasteiger partial charge on any atom is 0.262 e. The first-order valence-electron chi connectivity index (χ1n) is 11.9. The minimum atomic E-state index is -4.21. The van der Waals surface area contributed by atoms with E-state index in [9.17, 15) is 27.6 Å². The van der Waals surface area contributed by atoms with Crippen molar-refractivity contribution in [3.63, 3.8) is 0 Å². The van der Waals surface area contributed by atoms with E-state index in [1.54, 1.807) is 18.2 Å². The fourth-order valence-electron chi connectivity index (χ4n) is 4.68. The Bertz CT molecular complexity index is 1720. The predicted molar refractivity (Wildman–Crippen MR) is 148 cm³/mol. The van der Waals surface area contributed by atoms with Gasteiger partial charge in [-0.25, -0.2) is 18.2 Å². The van der Waals surface area contributed by atoms with Gasteiger partial charge in [-0.1, -0.05) is 24.3 Å². The third kappa shape index (κ3) is 4.36. The lowest BCUT2D eigenvalue weighted by atomic mass is 10.1. The number of carbonyl (C=O) groups excluding carboxylic acids is 4. The number of rotatable bonds is 6. The number of imide groups is 2. The molecule has 0 bridgehead atoms. The third-order valence-electron chi connectivity index (χ3n) is 6.50. The number of hydrogen-bond acceptors (Lipinski definition) is 7. The summed E-state index contributed by atoms with van der Waals surface area (Å²) in [7, 11) is -0.495. The minimum absolute atomic E-state index is 0.00580. The predicted octanol–water partition coefficient (Wildman–Crippen LogP) is 3.35. The van der Waals surface area contributed by atoms with Gasteiger partial charge in [-0.3, -0.25) is 23.9 Å². The zero-order valence-electron chi connectivity index (χ0n) is 21.6. The quantitative estimate of drug-likeness (QED) is 0.472. The van der Waals surface area contributed by atoms with Gasteiger partial charge in [0.1, 0.15) is 0 Å². The standard InChI is InChI=1S/C28H24N4O6S/c1-16-11-25(33)31(27(16)35)19-13-18(14-20(15-19)32-26(34)12-17(2)28(32)36)29-39(37,38)24-10-6-7-21-22(24)8-5-9-23(21)30(3)4/h5-15,29H,1-4H3. The van der Waals surface area contributed by atoms with Crippen molar-refractivity contribution in [1.82, 2.24) is 0 Å². The van der Waals surface area contributed by atoms with Gasteiger partial charge in [-0.2, -0.15) is 0 Å². The van der Waals surface area contributed by atoms with Crippen LogP contribution in [0, 0.1) is 0 Å². The maximum atomic E-state index is 13.7. The molecule has 0 radical (unpaired) electrons. The van der Waals surface area contributed by atoms with Crippen molar-refractivity contribution in [3.8, 4) is 0 Å². The van der Waals surface area contributed by atoms with Gasteiger partial charge >= 0.3 is 0 Å². The molecule has 0 spiro atoms. The third-order valence-corrected chi connectivity index (χ3v) is 7.94. The SMILES string of the molecule is CC1=CC(=O)N(c2cc(NS(=O)(=O)c3cccc4c(N(C)C)cccc34)cc(N3C(=O)C=C(C)C3=O)c2)C1=O. The molecule has 3 aromatic carbocycles. The van der Waals surface area contributed by atoms with E-state index in [1.165, 1.54) is 38.1 Å². The number of sulfonamides is 1. The van der Waals surface area contributed by atoms with E-state index in [-0.39, 0.29) is 33.1 Å². The topological polar surface area (TPSA) is 124 Å². The van der Waals surface area contributed by atoms with Crippen LogP contribution in [-0.2, 0) is 29.2 Å². The second-order valence-corrected chi connectivity index (χ2v) is 11.1. The first-order chi connectivity index (χ1) is 18.4. The van der Waals surface area contributed by atoms with Gasteiger partial charge < -0.3 is 4.90 Å². The second kappa shape index (κ2) is 9.21. The minimum Gasteiger partial charge on any atom is -0.377 e. The normalized spacial score (nSPS) is 15.8. The van der Waals surface area contributed by atoms with Crippen molar-refractivity contribution in [2.75, 3.05) is 33.5 Å². The Kier molecular flexibility index (Phi) is 6.11. The van der Waals surface area contributed by atoms with E-state index in [0.717, 1.165) is 33.0 Å². The fourth-order valence-corrected chi connectivity index (χ4v) is 5.94. The van der Waals surface area contributed by atoms with Crippen molar-refractivity contribution in [1.29, 1.82) is 0 Å². The van der Waals surface area contributed by atoms with E-state index in [2.05, 4.69) is 4.72 Å². The highest BCUT2D eigenvalue weighted by Crippen LogP contribution is 2.35. The van der Waals surface area contributed by atoms with Crippen LogP contribution in [-0.4, -0.2) is 46.1 Å². The molecule has 0 aliphatic carbocycles. The van der Waals surface area contributed by atoms with Gasteiger partial charge in [0.25, 0.3) is 33.7 Å². The first kappa shape index (κ1) is 25.9. The summed E-state index contributed by atoms with van der Waals surface area (Å²) in [4.78, 5) is 54.2. The Hall–Kier alpha value is -4.77. The van der Waals surface area contributed by atoms with E-state index >= 15 is 0 Å². The molecule has 1 N–H and O–H groups in total. The Morgan fingerprint density at radius 1 is 0.718 bits per heavy atom. The summed E-state index contributed by atoms with van der Waals surface area (Å²) in [6.07, 6.45) is 2.32. The molecule has 3 aromatic rings. The molecule has 11 heteroatoms. The fraction of sp³-hybridized carbons (Fsp3) is 0.143. The van der Waals surface area contributed by atoms with Crippen molar-refractivity contribution in [2.45, 2.75) is 18.7 Å². The van der Waals surface area contributed by atoms with Gasteiger partial charge in [0, 0.05) is 53.9 Å². The summed E-state index contributed by atoms with van der Waals surface area (Å²) in [6.45, 7) is 2.97. The van der Waals surface area contributed by atoms with Gasteiger partial charge in [-0.05, 0) is 44.2 Å². The summed E-state index contributed by atoms with van der Waals surface area (Å²) in [5, 5.41) is 1.21. The lowest BCUT2D eigenvalue weighted by Crippen LogP contribution is -2.33. The Balaban J connectivity index is 1.63. The smallest absolute Gasteiger partial charge is 0.262 e.